The second-order valence-corrected chi connectivity index (χ2v) is 10.6. The van der Waals surface area contributed by atoms with Gasteiger partial charge in [0.25, 0.3) is 11.8 Å². The molecule has 0 bridgehead atoms. The normalized spacial score (nSPS) is 13.6. The van der Waals surface area contributed by atoms with E-state index in [9.17, 15) is 14.4 Å². The maximum absolute atomic E-state index is 13.6. The summed E-state index contributed by atoms with van der Waals surface area (Å²) in [5.41, 5.74) is 3.35. The van der Waals surface area contributed by atoms with Crippen molar-refractivity contribution in [3.05, 3.63) is 125 Å². The Balaban J connectivity index is 1.32. The van der Waals surface area contributed by atoms with Crippen molar-refractivity contribution in [1.29, 1.82) is 0 Å². The van der Waals surface area contributed by atoms with E-state index in [-0.39, 0.29) is 11.8 Å². The van der Waals surface area contributed by atoms with Gasteiger partial charge in [-0.05, 0) is 71.5 Å². The Bertz CT molecular complexity index is 1490. The van der Waals surface area contributed by atoms with Crippen LogP contribution in [-0.2, 0) is 16.6 Å². The van der Waals surface area contributed by atoms with Crippen LogP contribution >= 0.6 is 0 Å². The van der Waals surface area contributed by atoms with Gasteiger partial charge in [-0.25, -0.2) is 0 Å². The van der Waals surface area contributed by atoms with E-state index in [4.69, 9.17) is 4.74 Å². The molecule has 0 saturated heterocycles. The highest BCUT2D eigenvalue weighted by molar-refractivity contribution is 6.23. The SMILES string of the molecule is CCC(C)(C)c1ccc(Oc2ccc(NC(=O)[C@H](Cc3ccccc3)N3C(=O)c4ccccc4C3=O)cc2)cc1. The molecule has 0 spiro atoms. The molecule has 0 aromatic heterocycles. The first kappa shape index (κ1) is 26.9. The minimum atomic E-state index is -1.02. The van der Waals surface area contributed by atoms with Crippen LogP contribution in [0.5, 0.6) is 11.5 Å². The number of anilines is 1. The predicted molar refractivity (Wildman–Crippen MR) is 156 cm³/mol. The zero-order valence-electron chi connectivity index (χ0n) is 22.9. The summed E-state index contributed by atoms with van der Waals surface area (Å²) in [5, 5.41) is 2.89. The summed E-state index contributed by atoms with van der Waals surface area (Å²) >= 11 is 0. The Morgan fingerprint density at radius 3 is 1.85 bits per heavy atom. The summed E-state index contributed by atoms with van der Waals surface area (Å²) in [6.45, 7) is 6.61. The van der Waals surface area contributed by atoms with Crippen LogP contribution in [0.25, 0.3) is 0 Å². The minimum absolute atomic E-state index is 0.101. The van der Waals surface area contributed by atoms with Gasteiger partial charge in [-0.3, -0.25) is 19.3 Å². The Hall–Kier alpha value is -4.71. The van der Waals surface area contributed by atoms with Crippen LogP contribution in [0.15, 0.2) is 103 Å². The van der Waals surface area contributed by atoms with Crippen LogP contribution in [0.1, 0.15) is 59.0 Å². The van der Waals surface area contributed by atoms with Gasteiger partial charge in [-0.2, -0.15) is 0 Å². The van der Waals surface area contributed by atoms with Gasteiger partial charge < -0.3 is 10.1 Å². The van der Waals surface area contributed by atoms with E-state index < -0.39 is 23.8 Å². The molecule has 0 aliphatic carbocycles. The number of rotatable bonds is 9. The lowest BCUT2D eigenvalue weighted by Gasteiger charge is -2.25. The second kappa shape index (κ2) is 11.2. The molecule has 40 heavy (non-hydrogen) atoms. The van der Waals surface area contributed by atoms with E-state index in [1.165, 1.54) is 5.56 Å². The zero-order valence-corrected chi connectivity index (χ0v) is 22.9. The van der Waals surface area contributed by atoms with Crippen molar-refractivity contribution in [3.63, 3.8) is 0 Å². The Kier molecular flexibility index (Phi) is 7.52. The summed E-state index contributed by atoms with van der Waals surface area (Å²) in [6, 6.07) is 30.1. The van der Waals surface area contributed by atoms with Gasteiger partial charge >= 0.3 is 0 Å². The molecule has 6 heteroatoms. The van der Waals surface area contributed by atoms with Crippen LogP contribution in [0.4, 0.5) is 5.69 Å². The van der Waals surface area contributed by atoms with Crippen LogP contribution < -0.4 is 10.1 Å². The largest absolute Gasteiger partial charge is 0.457 e. The predicted octanol–water partition coefficient (Wildman–Crippen LogP) is 7.01. The molecule has 0 unspecified atom stereocenters. The molecule has 1 aliphatic heterocycles. The standard InChI is InChI=1S/C34H32N2O4/c1-4-34(2,3)24-14-18-26(19-15-24)40-27-20-16-25(17-21-27)35-31(37)30(22-23-10-6-5-7-11-23)36-32(38)28-12-8-9-13-29(28)33(36)39/h5-21,30H,4,22H2,1-3H3,(H,35,37)/t30-/m0/s1. The van der Waals surface area contributed by atoms with Gasteiger partial charge in [0.1, 0.15) is 17.5 Å². The third-order valence-corrected chi connectivity index (χ3v) is 7.59. The van der Waals surface area contributed by atoms with E-state index >= 15 is 0 Å². The molecule has 1 N–H and O–H groups in total. The molecule has 0 fully saturated rings. The van der Waals surface area contributed by atoms with Crippen LogP contribution in [-0.4, -0.2) is 28.7 Å². The molecule has 0 radical (unpaired) electrons. The smallest absolute Gasteiger partial charge is 0.262 e. The van der Waals surface area contributed by atoms with Gasteiger partial charge in [0, 0.05) is 12.1 Å². The number of fused-ring (bicyclic) bond motifs is 1. The van der Waals surface area contributed by atoms with Crippen LogP contribution in [0.2, 0.25) is 0 Å². The molecule has 3 amide bonds. The first-order valence-electron chi connectivity index (χ1n) is 13.5. The average Bonchev–Trinajstić information content (AvgIpc) is 3.23. The lowest BCUT2D eigenvalue weighted by molar-refractivity contribution is -0.119. The molecule has 4 aromatic rings. The Morgan fingerprint density at radius 1 is 0.775 bits per heavy atom. The highest BCUT2D eigenvalue weighted by Gasteiger charge is 2.42. The van der Waals surface area contributed by atoms with Crippen molar-refractivity contribution in [1.82, 2.24) is 4.90 Å². The number of nitrogens with one attached hydrogen (secondary N) is 1. The number of hydrogen-bond acceptors (Lipinski definition) is 4. The molecule has 1 atom stereocenters. The molecular formula is C34H32N2O4. The van der Waals surface area contributed by atoms with Gasteiger partial charge in [-0.1, -0.05) is 75.4 Å². The summed E-state index contributed by atoms with van der Waals surface area (Å²) in [5.74, 6) is -0.0219. The van der Waals surface area contributed by atoms with E-state index in [0.29, 0.717) is 22.6 Å². The highest BCUT2D eigenvalue weighted by Crippen LogP contribution is 2.30. The number of ether oxygens (including phenoxy) is 1. The summed E-state index contributed by atoms with van der Waals surface area (Å²) in [6.07, 6.45) is 1.24. The Labute approximate surface area is 234 Å². The molecule has 202 valence electrons. The number of nitrogens with zero attached hydrogens (tertiary/aromatic N) is 1. The average molecular weight is 533 g/mol. The lowest BCUT2D eigenvalue weighted by Crippen LogP contribution is -2.48. The summed E-state index contributed by atoms with van der Waals surface area (Å²) < 4.78 is 6.00. The maximum atomic E-state index is 13.6. The number of benzene rings is 4. The number of carbonyl (C=O) groups is 3. The van der Waals surface area contributed by atoms with E-state index in [2.05, 4.69) is 38.2 Å². The topological polar surface area (TPSA) is 75.7 Å². The van der Waals surface area contributed by atoms with E-state index in [1.807, 2.05) is 42.5 Å². The minimum Gasteiger partial charge on any atom is -0.457 e. The van der Waals surface area contributed by atoms with E-state index in [1.54, 1.807) is 48.5 Å². The van der Waals surface area contributed by atoms with Crippen molar-refractivity contribution in [2.45, 2.75) is 45.1 Å². The van der Waals surface area contributed by atoms with E-state index in [0.717, 1.165) is 22.6 Å². The maximum Gasteiger partial charge on any atom is 0.262 e. The number of hydrogen-bond donors (Lipinski definition) is 1. The summed E-state index contributed by atoms with van der Waals surface area (Å²) in [7, 11) is 0. The first-order valence-corrected chi connectivity index (χ1v) is 13.5. The van der Waals surface area contributed by atoms with Crippen molar-refractivity contribution in [2.75, 3.05) is 5.32 Å². The fraction of sp³-hybridized carbons (Fsp3) is 0.206. The van der Waals surface area contributed by atoms with Crippen molar-refractivity contribution < 1.29 is 19.1 Å². The second-order valence-electron chi connectivity index (χ2n) is 10.6. The lowest BCUT2D eigenvalue weighted by atomic mass is 9.82. The molecule has 4 aromatic carbocycles. The number of imide groups is 1. The number of amides is 3. The first-order chi connectivity index (χ1) is 19.3. The van der Waals surface area contributed by atoms with Gasteiger partial charge in [-0.15, -0.1) is 0 Å². The monoisotopic (exact) mass is 532 g/mol. The third kappa shape index (κ3) is 5.52. The number of carbonyl (C=O) groups excluding carboxylic acids is 3. The van der Waals surface area contributed by atoms with Crippen molar-refractivity contribution in [2.24, 2.45) is 0 Å². The van der Waals surface area contributed by atoms with Gasteiger partial charge in [0.2, 0.25) is 5.91 Å². The molecule has 1 aliphatic rings. The van der Waals surface area contributed by atoms with Gasteiger partial charge in [0.05, 0.1) is 11.1 Å². The molecule has 5 rings (SSSR count). The highest BCUT2D eigenvalue weighted by atomic mass is 16.5. The Morgan fingerprint density at radius 2 is 1.30 bits per heavy atom. The summed E-state index contributed by atoms with van der Waals surface area (Å²) in [4.78, 5) is 41.1. The fourth-order valence-electron chi connectivity index (χ4n) is 4.78. The molecule has 6 nitrogen and oxygen atoms in total. The molecular weight excluding hydrogens is 500 g/mol. The third-order valence-electron chi connectivity index (χ3n) is 7.59. The van der Waals surface area contributed by atoms with Crippen molar-refractivity contribution in [3.8, 4) is 11.5 Å². The van der Waals surface area contributed by atoms with Gasteiger partial charge in [0.15, 0.2) is 0 Å². The molecule has 1 heterocycles. The molecule has 0 saturated carbocycles. The van der Waals surface area contributed by atoms with Crippen molar-refractivity contribution >= 4 is 23.4 Å². The van der Waals surface area contributed by atoms with Crippen LogP contribution in [0.3, 0.4) is 0 Å². The fourth-order valence-corrected chi connectivity index (χ4v) is 4.78. The quantitative estimate of drug-likeness (QED) is 0.235. The van der Waals surface area contributed by atoms with Crippen LogP contribution in [0, 0.1) is 0 Å². The zero-order chi connectivity index (χ0) is 28.3.